The molecule has 19 heavy (non-hydrogen) atoms. The zero-order chi connectivity index (χ0) is 13.5. The molecule has 0 bridgehead atoms. The first-order chi connectivity index (χ1) is 9.31. The van der Waals surface area contributed by atoms with Crippen molar-refractivity contribution in [2.24, 2.45) is 0 Å². The first kappa shape index (κ1) is 13.5. The molecular formula is C15H17FN2O. The third kappa shape index (κ3) is 3.76. The van der Waals surface area contributed by atoms with Gasteiger partial charge in [0.05, 0.1) is 0 Å². The second-order valence-corrected chi connectivity index (χ2v) is 4.18. The van der Waals surface area contributed by atoms with Gasteiger partial charge in [-0.3, -0.25) is 0 Å². The van der Waals surface area contributed by atoms with Gasteiger partial charge < -0.3 is 10.1 Å². The van der Waals surface area contributed by atoms with E-state index in [2.05, 4.69) is 17.2 Å². The molecule has 1 heterocycles. The van der Waals surface area contributed by atoms with Crippen molar-refractivity contribution in [2.45, 2.75) is 19.9 Å². The van der Waals surface area contributed by atoms with Crippen LogP contribution in [0.25, 0.3) is 0 Å². The number of pyridine rings is 1. The first-order valence-electron chi connectivity index (χ1n) is 6.38. The lowest BCUT2D eigenvalue weighted by atomic mass is 10.2. The molecular weight excluding hydrogens is 243 g/mol. The van der Waals surface area contributed by atoms with Crippen molar-refractivity contribution in [3.8, 4) is 11.6 Å². The maximum atomic E-state index is 13.5. The van der Waals surface area contributed by atoms with Gasteiger partial charge in [0.25, 0.3) is 0 Å². The second-order valence-electron chi connectivity index (χ2n) is 4.18. The third-order valence-corrected chi connectivity index (χ3v) is 2.64. The summed E-state index contributed by atoms with van der Waals surface area (Å²) in [6.07, 6.45) is 2.70. The predicted molar refractivity (Wildman–Crippen MR) is 72.7 cm³/mol. The quantitative estimate of drug-likeness (QED) is 0.807. The number of nitrogens with one attached hydrogen (secondary N) is 1. The molecule has 0 saturated heterocycles. The summed E-state index contributed by atoms with van der Waals surface area (Å²) in [7, 11) is 0. The minimum absolute atomic E-state index is 0.193. The molecule has 1 aromatic heterocycles. The highest BCUT2D eigenvalue weighted by molar-refractivity contribution is 5.32. The van der Waals surface area contributed by atoms with E-state index in [4.69, 9.17) is 4.74 Å². The van der Waals surface area contributed by atoms with Crippen LogP contribution in [0.15, 0.2) is 42.6 Å². The molecule has 2 aromatic rings. The molecule has 3 nitrogen and oxygen atoms in total. The van der Waals surface area contributed by atoms with Gasteiger partial charge in [-0.1, -0.05) is 25.1 Å². The Labute approximate surface area is 112 Å². The fraction of sp³-hybridized carbons (Fsp3) is 0.267. The molecule has 0 saturated carbocycles. The van der Waals surface area contributed by atoms with Crippen molar-refractivity contribution in [3.63, 3.8) is 0 Å². The van der Waals surface area contributed by atoms with Crippen molar-refractivity contribution in [3.05, 3.63) is 54.0 Å². The number of aromatic nitrogens is 1. The van der Waals surface area contributed by atoms with E-state index in [-0.39, 0.29) is 11.6 Å². The van der Waals surface area contributed by atoms with Gasteiger partial charge >= 0.3 is 0 Å². The van der Waals surface area contributed by atoms with Crippen LogP contribution in [0.3, 0.4) is 0 Å². The van der Waals surface area contributed by atoms with Gasteiger partial charge in [-0.2, -0.15) is 0 Å². The van der Waals surface area contributed by atoms with E-state index in [1.165, 1.54) is 6.07 Å². The lowest BCUT2D eigenvalue weighted by molar-refractivity contribution is 0.420. The molecule has 0 aliphatic rings. The number of halogens is 1. The molecule has 0 atom stereocenters. The molecule has 0 unspecified atom stereocenters. The molecule has 1 N–H and O–H groups in total. The minimum Gasteiger partial charge on any atom is -0.436 e. The second kappa shape index (κ2) is 6.85. The van der Waals surface area contributed by atoms with Gasteiger partial charge in [-0.05, 0) is 31.2 Å². The van der Waals surface area contributed by atoms with Gasteiger partial charge in [-0.15, -0.1) is 0 Å². The van der Waals surface area contributed by atoms with Crippen LogP contribution in [0.5, 0.6) is 11.6 Å². The third-order valence-electron chi connectivity index (χ3n) is 2.64. The Balaban J connectivity index is 2.13. The van der Waals surface area contributed by atoms with Crippen LogP contribution in [0, 0.1) is 5.82 Å². The van der Waals surface area contributed by atoms with E-state index >= 15 is 0 Å². The van der Waals surface area contributed by atoms with Crippen LogP contribution in [-0.4, -0.2) is 11.5 Å². The summed E-state index contributed by atoms with van der Waals surface area (Å²) in [5.74, 6) is 0.245. The van der Waals surface area contributed by atoms with E-state index in [1.54, 1.807) is 24.4 Å². The Hall–Kier alpha value is -1.94. The monoisotopic (exact) mass is 260 g/mol. The normalized spacial score (nSPS) is 10.4. The summed E-state index contributed by atoms with van der Waals surface area (Å²) in [6, 6.07) is 10.1. The first-order valence-corrected chi connectivity index (χ1v) is 6.38. The average molecular weight is 260 g/mol. The highest BCUT2D eigenvalue weighted by Crippen LogP contribution is 2.24. The molecule has 4 heteroatoms. The van der Waals surface area contributed by atoms with Crippen LogP contribution in [0.2, 0.25) is 0 Å². The van der Waals surface area contributed by atoms with Crippen LogP contribution in [0.1, 0.15) is 18.9 Å². The number of benzene rings is 1. The molecule has 1 aromatic carbocycles. The van der Waals surface area contributed by atoms with Crippen LogP contribution in [-0.2, 0) is 6.54 Å². The summed E-state index contributed by atoms with van der Waals surface area (Å²) in [4.78, 5) is 4.16. The Morgan fingerprint density at radius 1 is 1.21 bits per heavy atom. The fourth-order valence-corrected chi connectivity index (χ4v) is 1.68. The van der Waals surface area contributed by atoms with E-state index < -0.39 is 0 Å². The number of hydrogen-bond donors (Lipinski definition) is 1. The highest BCUT2D eigenvalue weighted by Gasteiger charge is 2.08. The number of nitrogens with zero attached hydrogens (tertiary/aromatic N) is 1. The largest absolute Gasteiger partial charge is 0.436 e. The molecule has 2 rings (SSSR count). The summed E-state index contributed by atoms with van der Waals surface area (Å²) in [6.45, 7) is 3.69. The fourth-order valence-electron chi connectivity index (χ4n) is 1.68. The Morgan fingerprint density at radius 3 is 2.84 bits per heavy atom. The summed E-state index contributed by atoms with van der Waals surface area (Å²) >= 11 is 0. The maximum Gasteiger partial charge on any atom is 0.223 e. The van der Waals surface area contributed by atoms with Crippen molar-refractivity contribution >= 4 is 0 Å². The topological polar surface area (TPSA) is 34.2 Å². The van der Waals surface area contributed by atoms with Gasteiger partial charge in [-0.25, -0.2) is 9.37 Å². The number of hydrogen-bond acceptors (Lipinski definition) is 3. The van der Waals surface area contributed by atoms with Gasteiger partial charge in [0.2, 0.25) is 5.88 Å². The summed E-state index contributed by atoms with van der Waals surface area (Å²) in [5, 5.41) is 3.28. The average Bonchev–Trinajstić information content (AvgIpc) is 2.43. The van der Waals surface area contributed by atoms with E-state index in [0.29, 0.717) is 12.4 Å². The number of rotatable bonds is 6. The van der Waals surface area contributed by atoms with Crippen molar-refractivity contribution < 1.29 is 9.13 Å². The smallest absolute Gasteiger partial charge is 0.223 e. The lowest BCUT2D eigenvalue weighted by Gasteiger charge is -2.10. The molecule has 0 spiro atoms. The summed E-state index contributed by atoms with van der Waals surface area (Å²) < 4.78 is 19.1. The van der Waals surface area contributed by atoms with Crippen molar-refractivity contribution in [1.82, 2.24) is 10.3 Å². The van der Waals surface area contributed by atoms with Gasteiger partial charge in [0.15, 0.2) is 11.6 Å². The molecule has 0 aliphatic carbocycles. The zero-order valence-electron chi connectivity index (χ0n) is 10.9. The molecule has 100 valence electrons. The standard InChI is InChI=1S/C15H17FN2O/c1-2-9-17-11-12-6-5-10-18-15(12)19-14-8-4-3-7-13(14)16/h3-8,10,17H,2,9,11H2,1H3. The van der Waals surface area contributed by atoms with Crippen LogP contribution >= 0.6 is 0 Å². The molecule has 0 aliphatic heterocycles. The van der Waals surface area contributed by atoms with Crippen molar-refractivity contribution in [2.75, 3.05) is 6.54 Å². The van der Waals surface area contributed by atoms with E-state index in [0.717, 1.165) is 18.5 Å². The highest BCUT2D eigenvalue weighted by atomic mass is 19.1. The molecule has 0 amide bonds. The maximum absolute atomic E-state index is 13.5. The van der Waals surface area contributed by atoms with Gasteiger partial charge in [0.1, 0.15) is 0 Å². The number of ether oxygens (including phenoxy) is 1. The Bertz CT molecular complexity index is 531. The number of para-hydroxylation sites is 1. The Kier molecular flexibility index (Phi) is 4.86. The summed E-state index contributed by atoms with van der Waals surface area (Å²) in [5.41, 5.74) is 0.916. The SMILES string of the molecule is CCCNCc1cccnc1Oc1ccccc1F. The van der Waals surface area contributed by atoms with E-state index in [1.807, 2.05) is 12.1 Å². The van der Waals surface area contributed by atoms with E-state index in [9.17, 15) is 4.39 Å². The predicted octanol–water partition coefficient (Wildman–Crippen LogP) is 3.51. The zero-order valence-corrected chi connectivity index (χ0v) is 10.9. The molecule has 0 radical (unpaired) electrons. The Morgan fingerprint density at radius 2 is 2.05 bits per heavy atom. The van der Waals surface area contributed by atoms with Gasteiger partial charge in [0, 0.05) is 18.3 Å². The minimum atomic E-state index is -0.388. The van der Waals surface area contributed by atoms with Crippen molar-refractivity contribution in [1.29, 1.82) is 0 Å². The van der Waals surface area contributed by atoms with Crippen LogP contribution in [0.4, 0.5) is 4.39 Å². The van der Waals surface area contributed by atoms with Crippen LogP contribution < -0.4 is 10.1 Å². The lowest BCUT2D eigenvalue weighted by Crippen LogP contribution is -2.14. The molecule has 0 fully saturated rings.